The number of hydrogen-bond donors (Lipinski definition) is 1. The van der Waals surface area contributed by atoms with Gasteiger partial charge in [0.05, 0.1) is 5.71 Å². The summed E-state index contributed by atoms with van der Waals surface area (Å²) in [6.07, 6.45) is 6.89. The minimum absolute atomic E-state index is 0.441. The topological polar surface area (TPSA) is 23.9 Å². The second kappa shape index (κ2) is 7.48. The Bertz CT molecular complexity index is 853. The summed E-state index contributed by atoms with van der Waals surface area (Å²) in [6.45, 7) is 8.79. The number of hydrogen-bond acceptors (Lipinski definition) is 1. The van der Waals surface area contributed by atoms with Crippen molar-refractivity contribution >= 4 is 11.3 Å². The molecule has 1 N–H and O–H groups in total. The molecular formula is C24H25N. The van der Waals surface area contributed by atoms with Crippen LogP contribution < -0.4 is 0 Å². The minimum atomic E-state index is 0.441. The molecule has 0 heterocycles. The summed E-state index contributed by atoms with van der Waals surface area (Å²) in [5, 5.41) is 8.67. The quantitative estimate of drug-likeness (QED) is 0.592. The number of nitrogens with one attached hydrogen (secondary N) is 1. The van der Waals surface area contributed by atoms with Crippen molar-refractivity contribution in [2.45, 2.75) is 26.7 Å². The smallest absolute Gasteiger partial charge is 0.0690 e. The molecule has 0 spiro atoms. The zero-order valence-electron chi connectivity index (χ0n) is 15.0. The number of allylic oxidation sites excluding steroid dienone is 5. The molecule has 1 atom stereocenters. The fourth-order valence-corrected chi connectivity index (χ4v) is 3.55. The summed E-state index contributed by atoms with van der Waals surface area (Å²) < 4.78 is 0. The SMILES string of the molecule is C=C(C1=CC(C)=CC1CCC)c1ccccc1C(=N)c1ccccc1. The Balaban J connectivity index is 1.98. The van der Waals surface area contributed by atoms with Crippen molar-refractivity contribution in [3.63, 3.8) is 0 Å². The van der Waals surface area contributed by atoms with Crippen molar-refractivity contribution in [2.24, 2.45) is 5.92 Å². The second-order valence-electron chi connectivity index (χ2n) is 6.67. The molecule has 126 valence electrons. The predicted molar refractivity (Wildman–Crippen MR) is 108 cm³/mol. The fourth-order valence-electron chi connectivity index (χ4n) is 3.55. The third-order valence-electron chi connectivity index (χ3n) is 4.78. The van der Waals surface area contributed by atoms with Gasteiger partial charge in [-0.15, -0.1) is 0 Å². The van der Waals surface area contributed by atoms with Crippen LogP contribution in [0.3, 0.4) is 0 Å². The van der Waals surface area contributed by atoms with Gasteiger partial charge in [0.25, 0.3) is 0 Å². The van der Waals surface area contributed by atoms with E-state index in [1.54, 1.807) is 0 Å². The van der Waals surface area contributed by atoms with Crippen LogP contribution in [-0.4, -0.2) is 5.71 Å². The van der Waals surface area contributed by atoms with E-state index in [0.717, 1.165) is 35.1 Å². The Labute approximate surface area is 150 Å². The van der Waals surface area contributed by atoms with Gasteiger partial charge in [-0.2, -0.15) is 0 Å². The van der Waals surface area contributed by atoms with Gasteiger partial charge in [-0.25, -0.2) is 0 Å². The molecule has 0 saturated heterocycles. The highest BCUT2D eigenvalue weighted by molar-refractivity contribution is 6.13. The molecule has 0 fully saturated rings. The van der Waals surface area contributed by atoms with E-state index >= 15 is 0 Å². The molecule has 2 aromatic carbocycles. The molecule has 1 aliphatic carbocycles. The Hall–Kier alpha value is -2.67. The Kier molecular flexibility index (Phi) is 5.14. The van der Waals surface area contributed by atoms with Crippen LogP contribution in [0.15, 0.2) is 84.5 Å². The monoisotopic (exact) mass is 327 g/mol. The normalized spacial score (nSPS) is 16.3. The molecule has 0 saturated carbocycles. The van der Waals surface area contributed by atoms with E-state index in [0.29, 0.717) is 11.6 Å². The van der Waals surface area contributed by atoms with Crippen LogP contribution >= 0.6 is 0 Å². The Morgan fingerprint density at radius 2 is 1.64 bits per heavy atom. The van der Waals surface area contributed by atoms with Gasteiger partial charge in [0.1, 0.15) is 0 Å². The summed E-state index contributed by atoms with van der Waals surface area (Å²) >= 11 is 0. The van der Waals surface area contributed by atoms with Gasteiger partial charge in [0, 0.05) is 17.0 Å². The van der Waals surface area contributed by atoms with E-state index in [-0.39, 0.29) is 0 Å². The van der Waals surface area contributed by atoms with Gasteiger partial charge in [-0.3, -0.25) is 5.41 Å². The van der Waals surface area contributed by atoms with Crippen LogP contribution in [0.25, 0.3) is 5.57 Å². The molecule has 0 aliphatic heterocycles. The van der Waals surface area contributed by atoms with Crippen molar-refractivity contribution in [1.82, 2.24) is 0 Å². The zero-order valence-corrected chi connectivity index (χ0v) is 15.0. The van der Waals surface area contributed by atoms with Gasteiger partial charge < -0.3 is 0 Å². The standard InChI is InChI=1S/C24H25N/c1-4-10-20-15-17(2)16-23(20)18(3)21-13-8-9-14-22(21)24(25)19-11-6-5-7-12-19/h5-9,11-16,20,25H,3-4,10H2,1-2H3. The fraction of sp³-hybridized carbons (Fsp3) is 0.208. The molecule has 25 heavy (non-hydrogen) atoms. The first kappa shape index (κ1) is 17.2. The maximum absolute atomic E-state index is 8.67. The first-order valence-electron chi connectivity index (χ1n) is 8.94. The molecule has 1 nitrogen and oxygen atoms in total. The van der Waals surface area contributed by atoms with Gasteiger partial charge in [-0.1, -0.05) is 92.2 Å². The molecule has 0 amide bonds. The average molecular weight is 327 g/mol. The number of rotatable bonds is 6. The van der Waals surface area contributed by atoms with Crippen LogP contribution in [0.2, 0.25) is 0 Å². The molecule has 0 aromatic heterocycles. The van der Waals surface area contributed by atoms with Gasteiger partial charge in [0.15, 0.2) is 0 Å². The Morgan fingerprint density at radius 1 is 1.00 bits per heavy atom. The molecule has 1 unspecified atom stereocenters. The largest absolute Gasteiger partial charge is 0.300 e. The van der Waals surface area contributed by atoms with Gasteiger partial charge >= 0.3 is 0 Å². The average Bonchev–Trinajstić information content (AvgIpc) is 3.02. The third kappa shape index (κ3) is 3.56. The molecule has 2 aromatic rings. The highest BCUT2D eigenvalue weighted by Gasteiger charge is 2.22. The van der Waals surface area contributed by atoms with Crippen LogP contribution in [-0.2, 0) is 0 Å². The highest BCUT2D eigenvalue weighted by atomic mass is 14.4. The van der Waals surface area contributed by atoms with Crippen LogP contribution in [0.5, 0.6) is 0 Å². The predicted octanol–water partition coefficient (Wildman–Crippen LogP) is 6.42. The van der Waals surface area contributed by atoms with Crippen molar-refractivity contribution < 1.29 is 0 Å². The minimum Gasteiger partial charge on any atom is -0.300 e. The maximum atomic E-state index is 8.67. The van der Waals surface area contributed by atoms with E-state index < -0.39 is 0 Å². The first-order valence-corrected chi connectivity index (χ1v) is 8.94. The van der Waals surface area contributed by atoms with Gasteiger partial charge in [-0.05, 0) is 30.1 Å². The molecule has 1 aliphatic rings. The highest BCUT2D eigenvalue weighted by Crippen LogP contribution is 2.38. The number of benzene rings is 2. The maximum Gasteiger partial charge on any atom is 0.0690 e. The lowest BCUT2D eigenvalue weighted by molar-refractivity contribution is 0.679. The lowest BCUT2D eigenvalue weighted by Gasteiger charge is -2.19. The van der Waals surface area contributed by atoms with Crippen LogP contribution in [0.4, 0.5) is 0 Å². The van der Waals surface area contributed by atoms with Crippen molar-refractivity contribution in [2.75, 3.05) is 0 Å². The molecular weight excluding hydrogens is 302 g/mol. The molecule has 3 rings (SSSR count). The lowest BCUT2D eigenvalue weighted by atomic mass is 9.85. The molecule has 0 bridgehead atoms. The van der Waals surface area contributed by atoms with Gasteiger partial charge in [0.2, 0.25) is 0 Å². The van der Waals surface area contributed by atoms with E-state index in [1.807, 2.05) is 48.5 Å². The summed E-state index contributed by atoms with van der Waals surface area (Å²) in [5.74, 6) is 0.441. The van der Waals surface area contributed by atoms with Crippen molar-refractivity contribution in [3.05, 3.63) is 101 Å². The van der Waals surface area contributed by atoms with E-state index in [2.05, 4.69) is 38.6 Å². The Morgan fingerprint density at radius 3 is 2.32 bits per heavy atom. The third-order valence-corrected chi connectivity index (χ3v) is 4.78. The lowest BCUT2D eigenvalue weighted by Crippen LogP contribution is -2.07. The zero-order chi connectivity index (χ0) is 17.8. The second-order valence-corrected chi connectivity index (χ2v) is 6.67. The summed E-state index contributed by atoms with van der Waals surface area (Å²) in [7, 11) is 0. The van der Waals surface area contributed by atoms with E-state index in [4.69, 9.17) is 5.41 Å². The van der Waals surface area contributed by atoms with E-state index in [9.17, 15) is 0 Å². The van der Waals surface area contributed by atoms with E-state index in [1.165, 1.54) is 11.1 Å². The first-order chi connectivity index (χ1) is 12.1. The molecule has 0 radical (unpaired) electrons. The van der Waals surface area contributed by atoms with Crippen molar-refractivity contribution in [3.8, 4) is 0 Å². The summed E-state index contributed by atoms with van der Waals surface area (Å²) in [4.78, 5) is 0. The van der Waals surface area contributed by atoms with Crippen LogP contribution in [0, 0.1) is 11.3 Å². The molecule has 1 heteroatoms. The summed E-state index contributed by atoms with van der Waals surface area (Å²) in [5.41, 5.74) is 7.14. The van der Waals surface area contributed by atoms with Crippen molar-refractivity contribution in [1.29, 1.82) is 5.41 Å². The summed E-state index contributed by atoms with van der Waals surface area (Å²) in [6, 6.07) is 18.1. The van der Waals surface area contributed by atoms with Crippen LogP contribution in [0.1, 0.15) is 43.4 Å².